The Bertz CT molecular complexity index is 341. The zero-order chi connectivity index (χ0) is 12.7. The van der Waals surface area contributed by atoms with Crippen molar-refractivity contribution in [1.29, 1.82) is 0 Å². The fraction of sp³-hybridized carbons (Fsp3) is 0.692. The monoisotopic (exact) mass is 253 g/mol. The molecule has 0 saturated carbocycles. The molecule has 0 aliphatic rings. The normalized spacial score (nSPS) is 12.5. The third-order valence-corrected chi connectivity index (χ3v) is 3.48. The molecule has 0 amide bonds. The van der Waals surface area contributed by atoms with Crippen molar-refractivity contribution in [3.8, 4) is 0 Å². The average molecular weight is 253 g/mol. The minimum atomic E-state index is 0.466. The highest BCUT2D eigenvalue weighted by atomic mass is 32.2. The first-order valence-electron chi connectivity index (χ1n) is 6.34. The summed E-state index contributed by atoms with van der Waals surface area (Å²) in [6.45, 7) is 8.47. The summed E-state index contributed by atoms with van der Waals surface area (Å²) in [4.78, 5) is 8.80. The standard InChI is InChI=1S/C13H23N3S/c1-5-12-9-13(16-11(4)15-12)14-10(3)7-8-17-6-2/h9-10H,5-8H2,1-4H3,(H,14,15,16). The molecule has 0 aliphatic carbocycles. The largest absolute Gasteiger partial charge is 0.367 e. The summed E-state index contributed by atoms with van der Waals surface area (Å²) in [5.74, 6) is 4.21. The SMILES string of the molecule is CCSCCC(C)Nc1cc(CC)nc(C)n1. The van der Waals surface area contributed by atoms with E-state index in [1.54, 1.807) is 0 Å². The molecular formula is C13H23N3S. The molecule has 0 bridgehead atoms. The van der Waals surface area contributed by atoms with Gasteiger partial charge in [-0.05, 0) is 38.2 Å². The smallest absolute Gasteiger partial charge is 0.130 e. The molecule has 1 N–H and O–H groups in total. The second kappa shape index (κ2) is 7.54. The van der Waals surface area contributed by atoms with Crippen molar-refractivity contribution in [2.45, 2.75) is 46.6 Å². The maximum Gasteiger partial charge on any atom is 0.130 e. The molecule has 4 heteroatoms. The minimum absolute atomic E-state index is 0.466. The van der Waals surface area contributed by atoms with Crippen molar-refractivity contribution in [2.75, 3.05) is 16.8 Å². The molecule has 1 heterocycles. The van der Waals surface area contributed by atoms with Crippen LogP contribution in [0.4, 0.5) is 5.82 Å². The zero-order valence-corrected chi connectivity index (χ0v) is 12.1. The number of aromatic nitrogens is 2. The van der Waals surface area contributed by atoms with Gasteiger partial charge in [-0.3, -0.25) is 0 Å². The highest BCUT2D eigenvalue weighted by Gasteiger charge is 2.05. The first kappa shape index (κ1) is 14.3. The van der Waals surface area contributed by atoms with E-state index in [2.05, 4.69) is 42.1 Å². The second-order valence-electron chi connectivity index (χ2n) is 4.18. The van der Waals surface area contributed by atoms with Crippen LogP contribution in [0.3, 0.4) is 0 Å². The maximum atomic E-state index is 4.42. The third kappa shape index (κ3) is 5.39. The Balaban J connectivity index is 2.52. The highest BCUT2D eigenvalue weighted by molar-refractivity contribution is 7.99. The Labute approximate surface area is 109 Å². The van der Waals surface area contributed by atoms with Crippen molar-refractivity contribution in [3.05, 3.63) is 17.6 Å². The van der Waals surface area contributed by atoms with E-state index in [9.17, 15) is 0 Å². The first-order valence-corrected chi connectivity index (χ1v) is 7.50. The quantitative estimate of drug-likeness (QED) is 0.757. The number of thioether (sulfide) groups is 1. The lowest BCUT2D eigenvalue weighted by Crippen LogP contribution is -2.17. The van der Waals surface area contributed by atoms with Crippen LogP contribution in [0.2, 0.25) is 0 Å². The third-order valence-electron chi connectivity index (χ3n) is 2.55. The van der Waals surface area contributed by atoms with Crippen molar-refractivity contribution in [3.63, 3.8) is 0 Å². The van der Waals surface area contributed by atoms with Crippen molar-refractivity contribution in [1.82, 2.24) is 9.97 Å². The fourth-order valence-electron chi connectivity index (χ4n) is 1.61. The van der Waals surface area contributed by atoms with Crippen molar-refractivity contribution in [2.24, 2.45) is 0 Å². The molecule has 0 fully saturated rings. The molecular weight excluding hydrogens is 230 g/mol. The molecule has 17 heavy (non-hydrogen) atoms. The number of nitrogens with zero attached hydrogens (tertiary/aromatic N) is 2. The molecule has 0 saturated heterocycles. The van der Waals surface area contributed by atoms with Crippen LogP contribution in [-0.4, -0.2) is 27.5 Å². The van der Waals surface area contributed by atoms with Gasteiger partial charge in [-0.1, -0.05) is 13.8 Å². The van der Waals surface area contributed by atoms with Gasteiger partial charge in [-0.25, -0.2) is 9.97 Å². The van der Waals surface area contributed by atoms with Crippen LogP contribution in [0.15, 0.2) is 6.07 Å². The number of aryl methyl sites for hydroxylation is 2. The van der Waals surface area contributed by atoms with E-state index >= 15 is 0 Å². The predicted octanol–water partition coefficient (Wildman–Crippen LogP) is 3.29. The van der Waals surface area contributed by atoms with Crippen molar-refractivity contribution < 1.29 is 0 Å². The lowest BCUT2D eigenvalue weighted by atomic mass is 10.2. The summed E-state index contributed by atoms with van der Waals surface area (Å²) >= 11 is 1.99. The first-order chi connectivity index (χ1) is 8.15. The number of anilines is 1. The van der Waals surface area contributed by atoms with Gasteiger partial charge in [-0.2, -0.15) is 11.8 Å². The lowest BCUT2D eigenvalue weighted by Gasteiger charge is -2.15. The Kier molecular flexibility index (Phi) is 6.34. The molecule has 96 valence electrons. The van der Waals surface area contributed by atoms with Gasteiger partial charge in [0.2, 0.25) is 0 Å². The van der Waals surface area contributed by atoms with Crippen LogP contribution in [0.1, 0.15) is 38.7 Å². The van der Waals surface area contributed by atoms with Gasteiger partial charge in [0.1, 0.15) is 11.6 Å². The minimum Gasteiger partial charge on any atom is -0.367 e. The van der Waals surface area contributed by atoms with E-state index in [4.69, 9.17) is 0 Å². The Hall–Kier alpha value is -0.770. The Morgan fingerprint density at radius 2 is 2.12 bits per heavy atom. The van der Waals surface area contributed by atoms with Gasteiger partial charge in [0.25, 0.3) is 0 Å². The molecule has 3 nitrogen and oxygen atoms in total. The van der Waals surface area contributed by atoms with Crippen LogP contribution < -0.4 is 5.32 Å². The molecule has 1 unspecified atom stereocenters. The zero-order valence-electron chi connectivity index (χ0n) is 11.3. The van der Waals surface area contributed by atoms with Gasteiger partial charge in [-0.15, -0.1) is 0 Å². The van der Waals surface area contributed by atoms with E-state index < -0.39 is 0 Å². The molecule has 1 aromatic heterocycles. The number of rotatable bonds is 7. The van der Waals surface area contributed by atoms with Gasteiger partial charge in [0.15, 0.2) is 0 Å². The number of hydrogen-bond donors (Lipinski definition) is 1. The van der Waals surface area contributed by atoms with Crippen LogP contribution in [0.25, 0.3) is 0 Å². The van der Waals surface area contributed by atoms with E-state index in [0.29, 0.717) is 6.04 Å². The molecule has 1 rings (SSSR count). The summed E-state index contributed by atoms with van der Waals surface area (Å²) in [6, 6.07) is 2.52. The summed E-state index contributed by atoms with van der Waals surface area (Å²) in [7, 11) is 0. The summed E-state index contributed by atoms with van der Waals surface area (Å²) in [5.41, 5.74) is 1.11. The summed E-state index contributed by atoms with van der Waals surface area (Å²) in [6.07, 6.45) is 2.13. The summed E-state index contributed by atoms with van der Waals surface area (Å²) in [5, 5.41) is 3.45. The topological polar surface area (TPSA) is 37.8 Å². The van der Waals surface area contributed by atoms with Gasteiger partial charge >= 0.3 is 0 Å². The molecule has 0 aromatic carbocycles. The average Bonchev–Trinajstić information content (AvgIpc) is 2.28. The Morgan fingerprint density at radius 3 is 2.76 bits per heavy atom. The van der Waals surface area contributed by atoms with E-state index in [-0.39, 0.29) is 0 Å². The number of hydrogen-bond acceptors (Lipinski definition) is 4. The fourth-order valence-corrected chi connectivity index (χ4v) is 2.42. The van der Waals surface area contributed by atoms with Crippen LogP contribution in [-0.2, 0) is 6.42 Å². The maximum absolute atomic E-state index is 4.42. The number of nitrogens with one attached hydrogen (secondary N) is 1. The van der Waals surface area contributed by atoms with Crippen LogP contribution >= 0.6 is 11.8 Å². The van der Waals surface area contributed by atoms with Crippen LogP contribution in [0.5, 0.6) is 0 Å². The van der Waals surface area contributed by atoms with E-state index in [0.717, 1.165) is 23.8 Å². The van der Waals surface area contributed by atoms with Gasteiger partial charge < -0.3 is 5.32 Å². The van der Waals surface area contributed by atoms with Gasteiger partial charge in [0.05, 0.1) is 0 Å². The second-order valence-corrected chi connectivity index (χ2v) is 5.57. The summed E-state index contributed by atoms with van der Waals surface area (Å²) < 4.78 is 0. The predicted molar refractivity (Wildman–Crippen MR) is 76.8 cm³/mol. The van der Waals surface area contributed by atoms with E-state index in [1.807, 2.05) is 18.7 Å². The molecule has 0 aliphatic heterocycles. The van der Waals surface area contributed by atoms with E-state index in [1.165, 1.54) is 17.9 Å². The van der Waals surface area contributed by atoms with Crippen LogP contribution in [0, 0.1) is 6.92 Å². The molecule has 1 aromatic rings. The highest BCUT2D eigenvalue weighted by Crippen LogP contribution is 2.11. The van der Waals surface area contributed by atoms with Crippen molar-refractivity contribution >= 4 is 17.6 Å². The molecule has 1 atom stereocenters. The molecule has 0 radical (unpaired) electrons. The molecule has 0 spiro atoms. The van der Waals surface area contributed by atoms with Gasteiger partial charge in [0, 0.05) is 17.8 Å². The Morgan fingerprint density at radius 1 is 1.35 bits per heavy atom. The lowest BCUT2D eigenvalue weighted by molar-refractivity contribution is 0.762.